The van der Waals surface area contributed by atoms with Crippen molar-refractivity contribution in [1.29, 1.82) is 0 Å². The van der Waals surface area contributed by atoms with Crippen LogP contribution < -0.4 is 10.5 Å². The molecule has 0 aromatic carbocycles. The summed E-state index contributed by atoms with van der Waals surface area (Å²) in [6.07, 6.45) is 5.21. The maximum Gasteiger partial charge on any atom is 0.242 e. The van der Waals surface area contributed by atoms with Gasteiger partial charge in [0.2, 0.25) is 10.0 Å². The van der Waals surface area contributed by atoms with Crippen LogP contribution in [0.15, 0.2) is 17.2 Å². The third-order valence-electron chi connectivity index (χ3n) is 3.76. The minimum absolute atomic E-state index is 0.196. The Morgan fingerprint density at radius 3 is 2.76 bits per heavy atom. The van der Waals surface area contributed by atoms with Gasteiger partial charge in [-0.3, -0.25) is 0 Å². The number of nitrogens with one attached hydrogen (secondary N) is 1. The van der Waals surface area contributed by atoms with Crippen molar-refractivity contribution >= 4 is 21.8 Å². The molecular formula is C14H25N3O2S2. The van der Waals surface area contributed by atoms with E-state index >= 15 is 0 Å². The molecule has 1 aliphatic heterocycles. The molecular weight excluding hydrogens is 306 g/mol. The topological polar surface area (TPSA) is 77.1 Å². The molecule has 1 unspecified atom stereocenters. The Labute approximate surface area is 131 Å². The number of hydrogen-bond acceptors (Lipinski definition) is 4. The summed E-state index contributed by atoms with van der Waals surface area (Å²) < 4.78 is 29.5. The first-order valence-electron chi connectivity index (χ1n) is 7.46. The van der Waals surface area contributed by atoms with Gasteiger partial charge in [-0.1, -0.05) is 6.42 Å². The van der Waals surface area contributed by atoms with Crippen molar-refractivity contribution in [3.8, 4) is 0 Å². The van der Waals surface area contributed by atoms with Crippen LogP contribution in [-0.2, 0) is 16.6 Å². The molecule has 3 N–H and O–H groups in total. The van der Waals surface area contributed by atoms with E-state index in [0.717, 1.165) is 17.9 Å². The third-order valence-corrected chi connectivity index (χ3v) is 6.55. The fourth-order valence-electron chi connectivity index (χ4n) is 2.54. The SMILES string of the molecule is CC(C)n1cc(S(=O)(=O)NCC2CCCCS2)cc1CN. The molecule has 1 saturated heterocycles. The molecule has 2 rings (SSSR count). The van der Waals surface area contributed by atoms with Crippen molar-refractivity contribution in [3.63, 3.8) is 0 Å². The minimum atomic E-state index is -3.44. The molecule has 21 heavy (non-hydrogen) atoms. The van der Waals surface area contributed by atoms with Crippen LogP contribution in [0.4, 0.5) is 0 Å². The molecule has 0 bridgehead atoms. The highest BCUT2D eigenvalue weighted by atomic mass is 32.2. The van der Waals surface area contributed by atoms with Gasteiger partial charge in [0.15, 0.2) is 0 Å². The van der Waals surface area contributed by atoms with E-state index in [-0.39, 0.29) is 6.04 Å². The fraction of sp³-hybridized carbons (Fsp3) is 0.714. The smallest absolute Gasteiger partial charge is 0.242 e. The van der Waals surface area contributed by atoms with Crippen LogP contribution in [0.3, 0.4) is 0 Å². The van der Waals surface area contributed by atoms with Gasteiger partial charge >= 0.3 is 0 Å². The van der Waals surface area contributed by atoms with Gasteiger partial charge in [-0.25, -0.2) is 13.1 Å². The second-order valence-electron chi connectivity index (χ2n) is 5.71. The van der Waals surface area contributed by atoms with E-state index in [4.69, 9.17) is 5.73 Å². The number of sulfonamides is 1. The van der Waals surface area contributed by atoms with Crippen molar-refractivity contribution in [2.24, 2.45) is 5.73 Å². The van der Waals surface area contributed by atoms with Crippen molar-refractivity contribution < 1.29 is 8.42 Å². The second-order valence-corrected chi connectivity index (χ2v) is 8.89. The molecule has 0 spiro atoms. The maximum absolute atomic E-state index is 12.4. The van der Waals surface area contributed by atoms with Crippen molar-refractivity contribution in [3.05, 3.63) is 18.0 Å². The summed E-state index contributed by atoms with van der Waals surface area (Å²) in [4.78, 5) is 0.317. The number of aromatic nitrogens is 1. The van der Waals surface area contributed by atoms with E-state index in [2.05, 4.69) is 4.72 Å². The minimum Gasteiger partial charge on any atom is -0.346 e. The van der Waals surface area contributed by atoms with E-state index in [1.165, 1.54) is 12.8 Å². The lowest BCUT2D eigenvalue weighted by Gasteiger charge is -2.21. The van der Waals surface area contributed by atoms with Gasteiger partial charge < -0.3 is 10.3 Å². The summed E-state index contributed by atoms with van der Waals surface area (Å²) in [5.74, 6) is 1.13. The lowest BCUT2D eigenvalue weighted by Crippen LogP contribution is -2.31. The van der Waals surface area contributed by atoms with E-state index in [1.54, 1.807) is 12.3 Å². The van der Waals surface area contributed by atoms with E-state index < -0.39 is 10.0 Å². The first kappa shape index (κ1) is 16.9. The second kappa shape index (κ2) is 7.17. The van der Waals surface area contributed by atoms with Gasteiger partial charge in [-0.2, -0.15) is 11.8 Å². The van der Waals surface area contributed by atoms with Crippen molar-refractivity contribution in [2.75, 3.05) is 12.3 Å². The van der Waals surface area contributed by atoms with Gasteiger partial charge in [-0.05, 0) is 38.5 Å². The van der Waals surface area contributed by atoms with Crippen LogP contribution in [0, 0.1) is 0 Å². The van der Waals surface area contributed by atoms with Crippen LogP contribution in [0.5, 0.6) is 0 Å². The Kier molecular flexibility index (Phi) is 5.76. The summed E-state index contributed by atoms with van der Waals surface area (Å²) in [5, 5.41) is 0.398. The largest absolute Gasteiger partial charge is 0.346 e. The first-order chi connectivity index (χ1) is 9.94. The first-order valence-corrected chi connectivity index (χ1v) is 9.99. The maximum atomic E-state index is 12.4. The summed E-state index contributed by atoms with van der Waals surface area (Å²) in [6.45, 7) is 4.88. The third kappa shape index (κ3) is 4.25. The number of nitrogens with two attached hydrogens (primary N) is 1. The highest BCUT2D eigenvalue weighted by Gasteiger charge is 2.21. The Hall–Kier alpha value is -0.500. The van der Waals surface area contributed by atoms with Gasteiger partial charge in [0.25, 0.3) is 0 Å². The van der Waals surface area contributed by atoms with Gasteiger partial charge in [0.05, 0.1) is 4.90 Å². The summed E-state index contributed by atoms with van der Waals surface area (Å²) in [5.41, 5.74) is 6.54. The van der Waals surface area contributed by atoms with Gasteiger partial charge in [-0.15, -0.1) is 0 Å². The molecule has 0 amide bonds. The van der Waals surface area contributed by atoms with Crippen LogP contribution in [0.25, 0.3) is 0 Å². The predicted molar refractivity (Wildman–Crippen MR) is 88.0 cm³/mol. The Morgan fingerprint density at radius 1 is 1.48 bits per heavy atom. The van der Waals surface area contributed by atoms with Gasteiger partial charge in [0.1, 0.15) is 0 Å². The van der Waals surface area contributed by atoms with Crippen LogP contribution in [-0.4, -0.2) is 30.5 Å². The van der Waals surface area contributed by atoms with Gasteiger partial charge in [0, 0.05) is 36.3 Å². The van der Waals surface area contributed by atoms with Crippen molar-refractivity contribution in [2.45, 2.75) is 55.8 Å². The molecule has 1 aromatic heterocycles. The lowest BCUT2D eigenvalue weighted by atomic mass is 10.2. The molecule has 0 radical (unpaired) electrons. The van der Waals surface area contributed by atoms with Crippen LogP contribution in [0.2, 0.25) is 0 Å². The Bertz CT molecular complexity index is 561. The zero-order chi connectivity index (χ0) is 15.5. The molecule has 1 atom stereocenters. The molecule has 120 valence electrons. The summed E-state index contributed by atoms with van der Waals surface area (Å²) in [7, 11) is -3.44. The monoisotopic (exact) mass is 331 g/mol. The van der Waals surface area contributed by atoms with E-state index in [9.17, 15) is 8.42 Å². The average Bonchev–Trinajstić information content (AvgIpc) is 2.92. The Balaban J connectivity index is 2.08. The summed E-state index contributed by atoms with van der Waals surface area (Å²) in [6, 6.07) is 1.87. The molecule has 0 saturated carbocycles. The lowest BCUT2D eigenvalue weighted by molar-refractivity contribution is 0.566. The number of nitrogens with zero attached hydrogens (tertiary/aromatic N) is 1. The average molecular weight is 332 g/mol. The summed E-state index contributed by atoms with van der Waals surface area (Å²) >= 11 is 1.86. The number of thioether (sulfide) groups is 1. The van der Waals surface area contributed by atoms with Crippen LogP contribution >= 0.6 is 11.8 Å². The highest BCUT2D eigenvalue weighted by Crippen LogP contribution is 2.25. The number of rotatable bonds is 6. The molecule has 1 aliphatic rings. The molecule has 7 heteroatoms. The standard InChI is InChI=1S/C14H25N3O2S2/c1-11(2)17-10-14(7-12(17)8-15)21(18,19)16-9-13-5-3-4-6-20-13/h7,10-11,13,16H,3-6,8-9,15H2,1-2H3. The van der Waals surface area contributed by atoms with Crippen LogP contribution in [0.1, 0.15) is 44.8 Å². The molecule has 0 aliphatic carbocycles. The van der Waals surface area contributed by atoms with E-state index in [0.29, 0.717) is 23.2 Å². The Morgan fingerprint density at radius 2 is 2.24 bits per heavy atom. The zero-order valence-electron chi connectivity index (χ0n) is 12.7. The quantitative estimate of drug-likeness (QED) is 0.837. The fourth-order valence-corrected chi connectivity index (χ4v) is 5.02. The number of hydrogen-bond donors (Lipinski definition) is 2. The molecule has 2 heterocycles. The zero-order valence-corrected chi connectivity index (χ0v) is 14.3. The molecule has 1 fully saturated rings. The van der Waals surface area contributed by atoms with E-state index in [1.807, 2.05) is 30.2 Å². The normalized spacial score (nSPS) is 20.1. The highest BCUT2D eigenvalue weighted by molar-refractivity contribution is 8.00. The van der Waals surface area contributed by atoms with Crippen molar-refractivity contribution in [1.82, 2.24) is 9.29 Å². The predicted octanol–water partition coefficient (Wildman–Crippen LogP) is 2.09. The molecule has 5 nitrogen and oxygen atoms in total. The molecule has 1 aromatic rings.